The van der Waals surface area contributed by atoms with Crippen LogP contribution >= 0.6 is 0 Å². The Morgan fingerprint density at radius 3 is 2.88 bits per heavy atom. The summed E-state index contributed by atoms with van der Waals surface area (Å²) >= 11 is 0. The largest absolute Gasteiger partial charge is 0.480 e. The lowest BCUT2D eigenvalue weighted by molar-refractivity contribution is -0.154. The zero-order chi connectivity index (χ0) is 11.5. The Morgan fingerprint density at radius 2 is 2.25 bits per heavy atom. The molecule has 1 unspecified atom stereocenters. The predicted molar refractivity (Wildman–Crippen MR) is 55.0 cm³/mol. The fourth-order valence-corrected chi connectivity index (χ4v) is 2.20. The minimum Gasteiger partial charge on any atom is -0.480 e. The Kier molecular flexibility index (Phi) is 3.40. The van der Waals surface area contributed by atoms with Crippen LogP contribution in [0.15, 0.2) is 0 Å². The van der Waals surface area contributed by atoms with E-state index in [0.29, 0.717) is 26.1 Å². The molecule has 0 radical (unpaired) electrons. The summed E-state index contributed by atoms with van der Waals surface area (Å²) in [6, 6.07) is -0.668. The summed E-state index contributed by atoms with van der Waals surface area (Å²) in [5.41, 5.74) is 0. The van der Waals surface area contributed by atoms with E-state index in [1.165, 1.54) is 4.90 Å². The number of nitrogens with one attached hydrogen (secondary N) is 1. The van der Waals surface area contributed by atoms with Crippen LogP contribution in [0.25, 0.3) is 0 Å². The Morgan fingerprint density at radius 1 is 1.44 bits per heavy atom. The quantitative estimate of drug-likeness (QED) is 0.637. The monoisotopic (exact) mass is 228 g/mol. The second kappa shape index (κ2) is 4.80. The Bertz CT molecular complexity index is 289. The highest BCUT2D eigenvalue weighted by atomic mass is 16.5. The van der Waals surface area contributed by atoms with Crippen LogP contribution in [0.4, 0.5) is 0 Å². The van der Waals surface area contributed by atoms with E-state index in [1.807, 2.05) is 0 Å². The van der Waals surface area contributed by atoms with E-state index >= 15 is 0 Å². The molecule has 90 valence electrons. The van der Waals surface area contributed by atoms with Crippen molar-refractivity contribution in [3.63, 3.8) is 0 Å². The third-order valence-corrected chi connectivity index (χ3v) is 3.02. The van der Waals surface area contributed by atoms with E-state index in [2.05, 4.69) is 5.32 Å². The lowest BCUT2D eigenvalue weighted by Gasteiger charge is -2.29. The van der Waals surface area contributed by atoms with Gasteiger partial charge in [0.2, 0.25) is 0 Å². The van der Waals surface area contributed by atoms with Gasteiger partial charge in [-0.05, 0) is 12.8 Å². The maximum atomic E-state index is 12.0. The highest BCUT2D eigenvalue weighted by molar-refractivity contribution is 5.87. The molecule has 2 N–H and O–H groups in total. The summed E-state index contributed by atoms with van der Waals surface area (Å²) in [4.78, 5) is 24.4. The Hall–Kier alpha value is -1.14. The van der Waals surface area contributed by atoms with Gasteiger partial charge in [0, 0.05) is 19.6 Å². The second-order valence-electron chi connectivity index (χ2n) is 4.09. The number of rotatable bonds is 2. The number of morpholine rings is 1. The van der Waals surface area contributed by atoms with Gasteiger partial charge in [0.15, 0.2) is 0 Å². The van der Waals surface area contributed by atoms with Crippen LogP contribution in [-0.4, -0.2) is 60.3 Å². The van der Waals surface area contributed by atoms with Gasteiger partial charge in [-0.2, -0.15) is 0 Å². The lowest BCUT2D eigenvalue weighted by atomic mass is 10.2. The number of likely N-dealkylation sites (tertiary alicyclic amines) is 1. The van der Waals surface area contributed by atoms with Gasteiger partial charge in [-0.15, -0.1) is 0 Å². The maximum Gasteiger partial charge on any atom is 0.326 e. The summed E-state index contributed by atoms with van der Waals surface area (Å²) < 4.78 is 5.33. The number of nitrogens with zero attached hydrogens (tertiary/aromatic N) is 1. The van der Waals surface area contributed by atoms with Crippen LogP contribution in [0, 0.1) is 0 Å². The van der Waals surface area contributed by atoms with Crippen LogP contribution in [0.1, 0.15) is 12.8 Å². The fourth-order valence-electron chi connectivity index (χ4n) is 2.20. The van der Waals surface area contributed by atoms with Gasteiger partial charge in [-0.25, -0.2) is 4.79 Å². The zero-order valence-electron chi connectivity index (χ0n) is 9.02. The molecule has 0 aliphatic carbocycles. The average Bonchev–Trinajstić information content (AvgIpc) is 2.78. The van der Waals surface area contributed by atoms with Gasteiger partial charge in [0.25, 0.3) is 5.91 Å². The van der Waals surface area contributed by atoms with Crippen molar-refractivity contribution in [1.29, 1.82) is 0 Å². The first-order chi connectivity index (χ1) is 7.70. The van der Waals surface area contributed by atoms with Crippen LogP contribution in [0.2, 0.25) is 0 Å². The van der Waals surface area contributed by atoms with E-state index < -0.39 is 18.1 Å². The minimum absolute atomic E-state index is 0.197. The molecule has 0 bridgehead atoms. The number of hydrogen-bond donors (Lipinski definition) is 2. The molecule has 0 saturated carbocycles. The molecule has 6 nitrogen and oxygen atoms in total. The Balaban J connectivity index is 1.99. The number of ether oxygens (including phenoxy) is 1. The molecular formula is C10H16N2O4. The Labute approximate surface area is 93.6 Å². The van der Waals surface area contributed by atoms with E-state index in [-0.39, 0.29) is 5.91 Å². The molecule has 2 heterocycles. The smallest absolute Gasteiger partial charge is 0.326 e. The van der Waals surface area contributed by atoms with E-state index in [0.717, 1.165) is 13.0 Å². The van der Waals surface area contributed by atoms with E-state index in [4.69, 9.17) is 9.84 Å². The zero-order valence-corrected chi connectivity index (χ0v) is 9.02. The SMILES string of the molecule is O=C(O)[C@H]1CCCN1C(=O)C1CNCCO1. The number of amides is 1. The van der Waals surface area contributed by atoms with Gasteiger partial charge in [-0.3, -0.25) is 4.79 Å². The number of carboxylic acids is 1. The number of aliphatic carboxylic acids is 1. The number of carboxylic acid groups (broad SMARTS) is 1. The molecule has 6 heteroatoms. The predicted octanol–water partition coefficient (Wildman–Crippen LogP) is -0.950. The molecule has 0 aromatic carbocycles. The molecule has 16 heavy (non-hydrogen) atoms. The molecule has 1 amide bonds. The van der Waals surface area contributed by atoms with Gasteiger partial charge in [-0.1, -0.05) is 0 Å². The van der Waals surface area contributed by atoms with Crippen molar-refractivity contribution in [3.8, 4) is 0 Å². The summed E-state index contributed by atoms with van der Waals surface area (Å²) in [5.74, 6) is -1.12. The third-order valence-electron chi connectivity index (χ3n) is 3.02. The van der Waals surface area contributed by atoms with Gasteiger partial charge in [0.1, 0.15) is 12.1 Å². The number of hydrogen-bond acceptors (Lipinski definition) is 4. The first-order valence-electron chi connectivity index (χ1n) is 5.56. The number of carbonyl (C=O) groups is 2. The highest BCUT2D eigenvalue weighted by Crippen LogP contribution is 2.19. The molecule has 0 spiro atoms. The summed E-state index contributed by atoms with van der Waals surface area (Å²) in [5, 5.41) is 12.0. The summed E-state index contributed by atoms with van der Waals surface area (Å²) in [7, 11) is 0. The highest BCUT2D eigenvalue weighted by Gasteiger charge is 2.37. The molecule has 0 aromatic rings. The van der Waals surface area contributed by atoms with Crippen LogP contribution < -0.4 is 5.32 Å². The van der Waals surface area contributed by atoms with E-state index in [1.54, 1.807) is 0 Å². The van der Waals surface area contributed by atoms with E-state index in [9.17, 15) is 9.59 Å². The summed E-state index contributed by atoms with van der Waals surface area (Å²) in [6.45, 7) is 2.24. The topological polar surface area (TPSA) is 78.9 Å². The van der Waals surface area contributed by atoms with Crippen molar-refractivity contribution in [2.24, 2.45) is 0 Å². The normalized spacial score (nSPS) is 30.4. The van der Waals surface area contributed by atoms with Crippen molar-refractivity contribution in [2.75, 3.05) is 26.2 Å². The maximum absolute atomic E-state index is 12.0. The van der Waals surface area contributed by atoms with Crippen LogP contribution in [0.3, 0.4) is 0 Å². The lowest BCUT2D eigenvalue weighted by Crippen LogP contribution is -2.52. The van der Waals surface area contributed by atoms with Crippen LogP contribution in [-0.2, 0) is 14.3 Å². The first-order valence-corrected chi connectivity index (χ1v) is 5.56. The number of carbonyl (C=O) groups excluding carboxylic acids is 1. The van der Waals surface area contributed by atoms with Crippen molar-refractivity contribution < 1.29 is 19.4 Å². The summed E-state index contributed by atoms with van der Waals surface area (Å²) in [6.07, 6.45) is 0.776. The molecule has 2 rings (SSSR count). The minimum atomic E-state index is -0.922. The van der Waals surface area contributed by atoms with Gasteiger partial charge >= 0.3 is 5.97 Å². The molecule has 0 aromatic heterocycles. The van der Waals surface area contributed by atoms with Gasteiger partial charge in [0.05, 0.1) is 6.61 Å². The van der Waals surface area contributed by atoms with Gasteiger partial charge < -0.3 is 20.1 Å². The second-order valence-corrected chi connectivity index (χ2v) is 4.09. The van der Waals surface area contributed by atoms with Crippen molar-refractivity contribution in [1.82, 2.24) is 10.2 Å². The molecule has 2 saturated heterocycles. The van der Waals surface area contributed by atoms with Crippen LogP contribution in [0.5, 0.6) is 0 Å². The molecule has 2 aliphatic rings. The molecule has 2 aliphatic heterocycles. The van der Waals surface area contributed by atoms with Crippen molar-refractivity contribution in [2.45, 2.75) is 25.0 Å². The molecule has 2 atom stereocenters. The standard InChI is InChI=1S/C10H16N2O4/c13-9(8-6-11-3-5-16-8)12-4-1-2-7(12)10(14)15/h7-8,11H,1-6H2,(H,14,15)/t7-,8?/m1/s1. The molecular weight excluding hydrogens is 212 g/mol. The van der Waals surface area contributed by atoms with Crippen molar-refractivity contribution in [3.05, 3.63) is 0 Å². The average molecular weight is 228 g/mol. The molecule has 2 fully saturated rings. The van der Waals surface area contributed by atoms with Crippen molar-refractivity contribution >= 4 is 11.9 Å². The fraction of sp³-hybridized carbons (Fsp3) is 0.800. The third kappa shape index (κ3) is 2.17. The first kappa shape index (κ1) is 11.3.